The molecule has 1 saturated heterocycles. The lowest BCUT2D eigenvalue weighted by Gasteiger charge is -2.35. The van der Waals surface area contributed by atoms with Gasteiger partial charge in [-0.2, -0.15) is 0 Å². The predicted molar refractivity (Wildman–Crippen MR) is 112 cm³/mol. The Balaban J connectivity index is 1.78. The van der Waals surface area contributed by atoms with Gasteiger partial charge in [-0.05, 0) is 36.1 Å². The molecule has 0 radical (unpaired) electrons. The first-order valence-electron chi connectivity index (χ1n) is 9.85. The van der Waals surface area contributed by atoms with E-state index in [1.54, 1.807) is 12.1 Å². The summed E-state index contributed by atoms with van der Waals surface area (Å²) in [6.07, 6.45) is 0. The van der Waals surface area contributed by atoms with Crippen molar-refractivity contribution in [2.45, 2.75) is 37.6 Å². The molecule has 6 heteroatoms. The Morgan fingerprint density at radius 1 is 1.04 bits per heavy atom. The Kier molecular flexibility index (Phi) is 6.88. The van der Waals surface area contributed by atoms with Gasteiger partial charge < -0.3 is 4.74 Å². The van der Waals surface area contributed by atoms with E-state index >= 15 is 0 Å². The third kappa shape index (κ3) is 5.20. The number of hydrogen-bond donors (Lipinski definition) is 1. The highest BCUT2D eigenvalue weighted by Gasteiger charge is 2.25. The van der Waals surface area contributed by atoms with Crippen LogP contribution in [0.2, 0.25) is 0 Å². The van der Waals surface area contributed by atoms with Crippen LogP contribution in [0, 0.1) is 6.92 Å². The molecule has 0 amide bonds. The van der Waals surface area contributed by atoms with Gasteiger partial charge in [-0.1, -0.05) is 55.8 Å². The van der Waals surface area contributed by atoms with Crippen LogP contribution in [0.25, 0.3) is 0 Å². The van der Waals surface area contributed by atoms with Crippen molar-refractivity contribution in [2.75, 3.05) is 32.8 Å². The lowest BCUT2D eigenvalue weighted by molar-refractivity contribution is 0.0172. The van der Waals surface area contributed by atoms with E-state index in [1.165, 1.54) is 5.56 Å². The average molecular weight is 403 g/mol. The molecule has 0 saturated carbocycles. The van der Waals surface area contributed by atoms with E-state index in [2.05, 4.69) is 48.6 Å². The molecule has 1 heterocycles. The monoisotopic (exact) mass is 402 g/mol. The summed E-state index contributed by atoms with van der Waals surface area (Å²) in [4.78, 5) is 2.60. The third-order valence-electron chi connectivity index (χ3n) is 5.24. The second-order valence-electron chi connectivity index (χ2n) is 7.65. The summed E-state index contributed by atoms with van der Waals surface area (Å²) in [5.41, 5.74) is 3.42. The maximum atomic E-state index is 12.8. The maximum Gasteiger partial charge on any atom is 0.240 e. The van der Waals surface area contributed by atoms with Gasteiger partial charge in [0.15, 0.2) is 0 Å². The van der Waals surface area contributed by atoms with Crippen molar-refractivity contribution >= 4 is 10.0 Å². The molecule has 1 unspecified atom stereocenters. The largest absolute Gasteiger partial charge is 0.379 e. The first kappa shape index (κ1) is 21.0. The molecule has 1 atom stereocenters. The van der Waals surface area contributed by atoms with Gasteiger partial charge in [0.2, 0.25) is 10.0 Å². The van der Waals surface area contributed by atoms with E-state index < -0.39 is 10.0 Å². The number of sulfonamides is 1. The molecule has 2 aromatic carbocycles. The Labute approximate surface area is 168 Å². The van der Waals surface area contributed by atoms with Crippen LogP contribution in [0.15, 0.2) is 53.4 Å². The van der Waals surface area contributed by atoms with E-state index in [0.29, 0.717) is 30.6 Å². The van der Waals surface area contributed by atoms with Crippen LogP contribution >= 0.6 is 0 Å². The summed E-state index contributed by atoms with van der Waals surface area (Å²) < 4.78 is 34.0. The molecule has 5 nitrogen and oxygen atoms in total. The zero-order chi connectivity index (χ0) is 20.1. The second kappa shape index (κ2) is 9.18. The summed E-state index contributed by atoms with van der Waals surface area (Å²) in [6.45, 7) is 9.51. The molecular formula is C22H30N2O3S. The summed E-state index contributed by atoms with van der Waals surface area (Å²) in [6, 6.07) is 15.4. The smallest absolute Gasteiger partial charge is 0.240 e. The van der Waals surface area contributed by atoms with Crippen LogP contribution in [0.1, 0.15) is 42.5 Å². The minimum Gasteiger partial charge on any atom is -0.379 e. The molecule has 2 aromatic rings. The van der Waals surface area contributed by atoms with Gasteiger partial charge in [0, 0.05) is 25.7 Å². The van der Waals surface area contributed by atoms with Crippen molar-refractivity contribution in [2.24, 2.45) is 0 Å². The quantitative estimate of drug-likeness (QED) is 0.770. The van der Waals surface area contributed by atoms with Crippen LogP contribution in [-0.2, 0) is 14.8 Å². The number of morpholine rings is 1. The summed E-state index contributed by atoms with van der Waals surface area (Å²) in [7, 11) is -3.56. The van der Waals surface area contributed by atoms with Crippen molar-refractivity contribution in [3.05, 3.63) is 65.2 Å². The molecule has 3 rings (SSSR count). The van der Waals surface area contributed by atoms with E-state index in [1.807, 2.05) is 18.2 Å². The van der Waals surface area contributed by atoms with Gasteiger partial charge in [0.05, 0.1) is 18.1 Å². The molecule has 1 aliphatic rings. The van der Waals surface area contributed by atoms with Gasteiger partial charge in [-0.15, -0.1) is 0 Å². The normalized spacial score (nSPS) is 17.0. The lowest BCUT2D eigenvalue weighted by atomic mass is 10.0. The maximum absolute atomic E-state index is 12.8. The number of hydrogen-bond acceptors (Lipinski definition) is 4. The highest BCUT2D eigenvalue weighted by Crippen LogP contribution is 2.23. The second-order valence-corrected chi connectivity index (χ2v) is 9.42. The van der Waals surface area contributed by atoms with E-state index in [9.17, 15) is 8.42 Å². The molecule has 1 aliphatic heterocycles. The fraction of sp³-hybridized carbons (Fsp3) is 0.455. The van der Waals surface area contributed by atoms with Gasteiger partial charge in [-0.25, -0.2) is 13.1 Å². The highest BCUT2D eigenvalue weighted by molar-refractivity contribution is 7.89. The molecule has 0 aliphatic carbocycles. The molecule has 1 N–H and O–H groups in total. The lowest BCUT2D eigenvalue weighted by Crippen LogP contribution is -2.43. The van der Waals surface area contributed by atoms with Crippen molar-refractivity contribution in [1.29, 1.82) is 0 Å². The van der Waals surface area contributed by atoms with Crippen LogP contribution in [0.4, 0.5) is 0 Å². The Bertz CT molecular complexity index is 873. The molecule has 1 fully saturated rings. The van der Waals surface area contributed by atoms with E-state index in [-0.39, 0.29) is 6.04 Å². The summed E-state index contributed by atoms with van der Waals surface area (Å²) in [5.74, 6) is 0.372. The van der Waals surface area contributed by atoms with Gasteiger partial charge >= 0.3 is 0 Å². The number of rotatable bonds is 7. The zero-order valence-electron chi connectivity index (χ0n) is 16.9. The third-order valence-corrected chi connectivity index (χ3v) is 6.68. The first-order chi connectivity index (χ1) is 13.4. The topological polar surface area (TPSA) is 58.6 Å². The van der Waals surface area contributed by atoms with Gasteiger partial charge in [0.1, 0.15) is 0 Å². The first-order valence-corrected chi connectivity index (χ1v) is 11.3. The summed E-state index contributed by atoms with van der Waals surface area (Å²) in [5, 5.41) is 0. The zero-order valence-corrected chi connectivity index (χ0v) is 17.7. The van der Waals surface area contributed by atoms with Crippen molar-refractivity contribution < 1.29 is 13.2 Å². The van der Waals surface area contributed by atoms with Gasteiger partial charge in [0.25, 0.3) is 0 Å². The molecule has 28 heavy (non-hydrogen) atoms. The van der Waals surface area contributed by atoms with E-state index in [0.717, 1.165) is 24.2 Å². The Hall–Kier alpha value is -1.73. The molecule has 0 spiro atoms. The van der Waals surface area contributed by atoms with Crippen molar-refractivity contribution in [1.82, 2.24) is 9.62 Å². The summed E-state index contributed by atoms with van der Waals surface area (Å²) >= 11 is 0. The SMILES string of the molecule is Cc1cccc(C(CNS(=O)(=O)c2ccc(C(C)C)cc2)N2CCOCC2)c1. The minimum absolute atomic E-state index is 0.0199. The Morgan fingerprint density at radius 2 is 1.71 bits per heavy atom. The standard InChI is InChI=1S/C22H30N2O3S/c1-17(2)19-7-9-21(10-8-19)28(25,26)23-16-22(24-11-13-27-14-12-24)20-6-4-5-18(3)15-20/h4-10,15,17,22-23H,11-14,16H2,1-3H3. The van der Waals surface area contributed by atoms with E-state index in [4.69, 9.17) is 4.74 Å². The van der Waals surface area contributed by atoms with Crippen LogP contribution in [-0.4, -0.2) is 46.2 Å². The molecule has 0 bridgehead atoms. The fourth-order valence-corrected chi connectivity index (χ4v) is 4.57. The average Bonchev–Trinajstić information content (AvgIpc) is 2.69. The van der Waals surface area contributed by atoms with Gasteiger partial charge in [-0.3, -0.25) is 4.90 Å². The molecule has 152 valence electrons. The van der Waals surface area contributed by atoms with Crippen LogP contribution in [0.3, 0.4) is 0 Å². The van der Waals surface area contributed by atoms with Crippen molar-refractivity contribution in [3.8, 4) is 0 Å². The number of nitrogens with one attached hydrogen (secondary N) is 1. The molecular weight excluding hydrogens is 372 g/mol. The predicted octanol–water partition coefficient (Wildman–Crippen LogP) is 3.47. The fourth-order valence-electron chi connectivity index (χ4n) is 3.53. The van der Waals surface area contributed by atoms with Crippen molar-refractivity contribution in [3.63, 3.8) is 0 Å². The number of ether oxygens (including phenoxy) is 1. The minimum atomic E-state index is -3.56. The number of aryl methyl sites for hydroxylation is 1. The number of nitrogens with zero attached hydrogens (tertiary/aromatic N) is 1. The highest BCUT2D eigenvalue weighted by atomic mass is 32.2. The Morgan fingerprint density at radius 3 is 2.32 bits per heavy atom. The molecule has 0 aromatic heterocycles. The number of benzene rings is 2. The van der Waals surface area contributed by atoms with Crippen LogP contribution in [0.5, 0.6) is 0 Å². The van der Waals surface area contributed by atoms with Crippen LogP contribution < -0.4 is 4.72 Å².